The Kier molecular flexibility index (Phi) is 6.93. The summed E-state index contributed by atoms with van der Waals surface area (Å²) >= 11 is 0. The van der Waals surface area contributed by atoms with Gasteiger partial charge in [-0.3, -0.25) is 0 Å². The largest absolute Gasteiger partial charge is 0.461 e. The zero-order valence-electron chi connectivity index (χ0n) is 14.0. The molecule has 0 heterocycles. The predicted octanol–water partition coefficient (Wildman–Crippen LogP) is 3.73. The number of amides is 1. The van der Waals surface area contributed by atoms with Crippen LogP contribution < -0.4 is 5.32 Å². The Hall–Kier alpha value is -1.52. The smallest absolute Gasteiger partial charge is 0.407 e. The van der Waals surface area contributed by atoms with E-state index in [0.717, 1.165) is 31.8 Å². The van der Waals surface area contributed by atoms with E-state index in [9.17, 15) is 9.59 Å². The summed E-state index contributed by atoms with van der Waals surface area (Å²) in [4.78, 5) is 23.1. The van der Waals surface area contributed by atoms with Crippen LogP contribution in [0.4, 0.5) is 4.79 Å². The van der Waals surface area contributed by atoms with Crippen LogP contribution in [0, 0.1) is 5.92 Å². The summed E-state index contributed by atoms with van der Waals surface area (Å²) in [6.45, 7) is 3.72. The number of hydrogen-bond acceptors (Lipinski definition) is 4. The maximum Gasteiger partial charge on any atom is 0.407 e. The highest BCUT2D eigenvalue weighted by Gasteiger charge is 2.43. The lowest BCUT2D eigenvalue weighted by molar-refractivity contribution is -0.137. The Morgan fingerprint density at radius 1 is 1.09 bits per heavy atom. The molecule has 0 saturated heterocycles. The van der Waals surface area contributed by atoms with Gasteiger partial charge in [0.15, 0.2) is 0 Å². The molecule has 1 N–H and O–H groups in total. The van der Waals surface area contributed by atoms with Gasteiger partial charge in [-0.1, -0.05) is 32.3 Å². The molecule has 0 aromatic carbocycles. The zero-order valence-corrected chi connectivity index (χ0v) is 14.0. The molecule has 2 fully saturated rings. The SMILES string of the molecule is C=CC(=O)OCCNC(=O)OC1(C2CCCCC2)CCCCC1. The first-order valence-corrected chi connectivity index (χ1v) is 8.92. The normalized spacial score (nSPS) is 21.2. The highest BCUT2D eigenvalue weighted by Crippen LogP contribution is 2.44. The molecule has 5 heteroatoms. The van der Waals surface area contributed by atoms with Gasteiger partial charge in [0.25, 0.3) is 0 Å². The van der Waals surface area contributed by atoms with E-state index in [4.69, 9.17) is 9.47 Å². The average Bonchev–Trinajstić information content (AvgIpc) is 2.60. The first-order chi connectivity index (χ1) is 11.2. The molecule has 2 aliphatic carbocycles. The molecular weight excluding hydrogens is 294 g/mol. The van der Waals surface area contributed by atoms with E-state index in [2.05, 4.69) is 11.9 Å². The van der Waals surface area contributed by atoms with Crippen molar-refractivity contribution in [3.8, 4) is 0 Å². The molecule has 0 atom stereocenters. The fraction of sp³-hybridized carbons (Fsp3) is 0.778. The van der Waals surface area contributed by atoms with E-state index >= 15 is 0 Å². The van der Waals surface area contributed by atoms with Crippen molar-refractivity contribution in [1.29, 1.82) is 0 Å². The number of carbonyl (C=O) groups excluding carboxylic acids is 2. The van der Waals surface area contributed by atoms with Gasteiger partial charge in [0.05, 0.1) is 6.54 Å². The second-order valence-electron chi connectivity index (χ2n) is 6.65. The summed E-state index contributed by atoms with van der Waals surface area (Å²) in [5, 5.41) is 2.70. The number of alkyl carbamates (subject to hydrolysis) is 1. The van der Waals surface area contributed by atoms with Crippen molar-refractivity contribution in [2.75, 3.05) is 13.2 Å². The van der Waals surface area contributed by atoms with Crippen LogP contribution in [-0.4, -0.2) is 30.8 Å². The van der Waals surface area contributed by atoms with Crippen molar-refractivity contribution in [1.82, 2.24) is 5.32 Å². The molecule has 5 nitrogen and oxygen atoms in total. The Balaban J connectivity index is 1.83. The molecule has 0 unspecified atom stereocenters. The number of nitrogens with one attached hydrogen (secondary N) is 1. The second kappa shape index (κ2) is 8.94. The van der Waals surface area contributed by atoms with Gasteiger partial charge >= 0.3 is 12.1 Å². The Morgan fingerprint density at radius 2 is 1.74 bits per heavy atom. The van der Waals surface area contributed by atoms with E-state index in [0.29, 0.717) is 5.92 Å². The summed E-state index contributed by atoms with van der Waals surface area (Å²) in [5.41, 5.74) is -0.277. The summed E-state index contributed by atoms with van der Waals surface area (Å²) in [6, 6.07) is 0. The minimum Gasteiger partial charge on any atom is -0.461 e. The molecular formula is C18H29NO4. The number of rotatable bonds is 6. The molecule has 0 radical (unpaired) electrons. The van der Waals surface area contributed by atoms with Crippen molar-refractivity contribution in [3.63, 3.8) is 0 Å². The Labute approximate surface area is 138 Å². The van der Waals surface area contributed by atoms with Crippen molar-refractivity contribution in [3.05, 3.63) is 12.7 Å². The molecule has 23 heavy (non-hydrogen) atoms. The van der Waals surface area contributed by atoms with Crippen molar-refractivity contribution >= 4 is 12.1 Å². The lowest BCUT2D eigenvalue weighted by Crippen LogP contribution is -2.47. The molecule has 0 aromatic heterocycles. The van der Waals surface area contributed by atoms with Gasteiger partial charge < -0.3 is 14.8 Å². The standard InChI is InChI=1S/C18H29NO4/c1-2-16(20)22-14-13-19-17(21)23-18(11-7-4-8-12-18)15-9-5-3-6-10-15/h2,15H,1,3-14H2,(H,19,21). The summed E-state index contributed by atoms with van der Waals surface area (Å²) in [7, 11) is 0. The molecule has 0 bridgehead atoms. The van der Waals surface area contributed by atoms with E-state index in [1.54, 1.807) is 0 Å². The van der Waals surface area contributed by atoms with Crippen LogP contribution in [0.5, 0.6) is 0 Å². The molecule has 2 aliphatic rings. The van der Waals surface area contributed by atoms with Crippen LogP contribution in [0.1, 0.15) is 64.2 Å². The van der Waals surface area contributed by atoms with E-state index < -0.39 is 5.97 Å². The molecule has 1 amide bonds. The third-order valence-electron chi connectivity index (χ3n) is 5.13. The Morgan fingerprint density at radius 3 is 2.39 bits per heavy atom. The molecule has 2 saturated carbocycles. The Bertz CT molecular complexity index is 409. The van der Waals surface area contributed by atoms with Gasteiger partial charge in [-0.05, 0) is 44.4 Å². The summed E-state index contributed by atoms with van der Waals surface area (Å²) in [5.74, 6) is 0.0204. The number of carbonyl (C=O) groups is 2. The van der Waals surface area contributed by atoms with Gasteiger partial charge in [-0.25, -0.2) is 9.59 Å². The number of esters is 1. The second-order valence-corrected chi connectivity index (χ2v) is 6.65. The average molecular weight is 323 g/mol. The van der Waals surface area contributed by atoms with Crippen LogP contribution in [0.2, 0.25) is 0 Å². The molecule has 2 rings (SSSR count). The zero-order chi connectivity index (χ0) is 16.5. The van der Waals surface area contributed by atoms with Gasteiger partial charge in [-0.2, -0.15) is 0 Å². The van der Waals surface area contributed by atoms with Gasteiger partial charge in [0, 0.05) is 6.08 Å². The van der Waals surface area contributed by atoms with Gasteiger partial charge in [-0.15, -0.1) is 0 Å². The summed E-state index contributed by atoms with van der Waals surface area (Å²) < 4.78 is 10.8. The topological polar surface area (TPSA) is 64.6 Å². The minimum absolute atomic E-state index is 0.135. The molecule has 130 valence electrons. The van der Waals surface area contributed by atoms with Crippen molar-refractivity contribution in [2.45, 2.75) is 69.8 Å². The maximum atomic E-state index is 12.2. The molecule has 0 spiro atoms. The first-order valence-electron chi connectivity index (χ1n) is 8.92. The van der Waals surface area contributed by atoms with Crippen LogP contribution >= 0.6 is 0 Å². The predicted molar refractivity (Wildman–Crippen MR) is 88.0 cm³/mol. The lowest BCUT2D eigenvalue weighted by Gasteiger charge is -2.44. The van der Waals surface area contributed by atoms with Gasteiger partial charge in [0.2, 0.25) is 0 Å². The van der Waals surface area contributed by atoms with Crippen molar-refractivity contribution in [2.24, 2.45) is 5.92 Å². The quantitative estimate of drug-likeness (QED) is 0.459. The monoisotopic (exact) mass is 323 g/mol. The lowest BCUT2D eigenvalue weighted by atomic mass is 9.70. The van der Waals surface area contributed by atoms with Crippen LogP contribution in [0.15, 0.2) is 12.7 Å². The first kappa shape index (κ1) is 17.8. The minimum atomic E-state index is -0.480. The maximum absolute atomic E-state index is 12.2. The van der Waals surface area contributed by atoms with Crippen LogP contribution in [0.25, 0.3) is 0 Å². The highest BCUT2D eigenvalue weighted by atomic mass is 16.6. The third-order valence-corrected chi connectivity index (χ3v) is 5.13. The van der Waals surface area contributed by atoms with Crippen LogP contribution in [-0.2, 0) is 14.3 Å². The van der Waals surface area contributed by atoms with Crippen molar-refractivity contribution < 1.29 is 19.1 Å². The summed E-state index contributed by atoms with van der Waals surface area (Å²) in [6.07, 6.45) is 12.3. The van der Waals surface area contributed by atoms with E-state index in [1.165, 1.54) is 38.5 Å². The fourth-order valence-corrected chi connectivity index (χ4v) is 3.96. The number of ether oxygens (including phenoxy) is 2. The fourth-order valence-electron chi connectivity index (χ4n) is 3.96. The number of hydrogen-bond donors (Lipinski definition) is 1. The van der Waals surface area contributed by atoms with E-state index in [1.807, 2.05) is 0 Å². The molecule has 0 aliphatic heterocycles. The van der Waals surface area contributed by atoms with Gasteiger partial charge in [0.1, 0.15) is 12.2 Å². The molecule has 0 aromatic rings. The highest BCUT2D eigenvalue weighted by molar-refractivity contribution is 5.81. The third kappa shape index (κ3) is 5.26. The van der Waals surface area contributed by atoms with E-state index in [-0.39, 0.29) is 24.8 Å². The van der Waals surface area contributed by atoms with Crippen LogP contribution in [0.3, 0.4) is 0 Å².